The van der Waals surface area contributed by atoms with Crippen molar-refractivity contribution in [3.8, 4) is 0 Å². The molecule has 0 aromatic rings. The van der Waals surface area contributed by atoms with E-state index in [1.807, 2.05) is 0 Å². The monoisotopic (exact) mass is 241 g/mol. The van der Waals surface area contributed by atoms with Gasteiger partial charge in [-0.3, -0.25) is 9.63 Å². The summed E-state index contributed by atoms with van der Waals surface area (Å²) in [6, 6.07) is 0. The smallest absolute Gasteiger partial charge is 0.249 e. The van der Waals surface area contributed by atoms with Gasteiger partial charge in [0.25, 0.3) is 0 Å². The number of hydrogen-bond donors (Lipinski definition) is 1. The molecule has 1 amide bonds. The van der Waals surface area contributed by atoms with Crippen LogP contribution in [0.3, 0.4) is 0 Å². The van der Waals surface area contributed by atoms with Crippen LogP contribution in [-0.2, 0) is 9.63 Å². The van der Waals surface area contributed by atoms with Gasteiger partial charge < -0.3 is 0 Å². The van der Waals surface area contributed by atoms with Gasteiger partial charge in [-0.05, 0) is 31.1 Å². The van der Waals surface area contributed by atoms with Gasteiger partial charge in [-0.25, -0.2) is 5.48 Å². The summed E-state index contributed by atoms with van der Waals surface area (Å²) >= 11 is 0. The van der Waals surface area contributed by atoms with Crippen LogP contribution in [0.15, 0.2) is 0 Å². The Hall–Kier alpha value is -0.570. The Morgan fingerprint density at radius 1 is 1.18 bits per heavy atom. The lowest BCUT2D eigenvalue weighted by molar-refractivity contribution is -0.145. The fraction of sp³-hybridized carbons (Fsp3) is 0.929. The van der Waals surface area contributed by atoms with Crippen molar-refractivity contribution >= 4 is 5.91 Å². The van der Waals surface area contributed by atoms with E-state index in [0.29, 0.717) is 18.4 Å². The molecule has 0 saturated heterocycles. The topological polar surface area (TPSA) is 38.3 Å². The molecule has 0 aromatic carbocycles. The van der Waals surface area contributed by atoms with Crippen LogP contribution in [-0.4, -0.2) is 12.5 Å². The van der Waals surface area contributed by atoms with E-state index in [9.17, 15) is 4.79 Å². The molecule has 1 N–H and O–H groups in total. The van der Waals surface area contributed by atoms with Gasteiger partial charge in [-0.2, -0.15) is 0 Å². The zero-order chi connectivity index (χ0) is 12.9. The maximum atomic E-state index is 12.2. The highest BCUT2D eigenvalue weighted by atomic mass is 16.7. The van der Waals surface area contributed by atoms with E-state index in [2.05, 4.69) is 33.2 Å². The second-order valence-electron chi connectivity index (χ2n) is 6.22. The summed E-state index contributed by atoms with van der Waals surface area (Å²) in [6.07, 6.45) is 5.35. The van der Waals surface area contributed by atoms with Crippen molar-refractivity contribution in [1.29, 1.82) is 0 Å². The quantitative estimate of drug-likeness (QED) is 0.725. The molecule has 0 aliphatic heterocycles. The molecule has 17 heavy (non-hydrogen) atoms. The van der Waals surface area contributed by atoms with E-state index in [1.54, 1.807) is 0 Å². The number of nitrogens with one attached hydrogen (secondary N) is 1. The molecular weight excluding hydrogens is 214 g/mol. The number of rotatable bonds is 6. The normalized spacial score (nSPS) is 18.9. The first-order valence-corrected chi connectivity index (χ1v) is 6.88. The van der Waals surface area contributed by atoms with Crippen molar-refractivity contribution in [1.82, 2.24) is 5.48 Å². The summed E-state index contributed by atoms with van der Waals surface area (Å²) in [5.41, 5.74) is 2.50. The summed E-state index contributed by atoms with van der Waals surface area (Å²) in [7, 11) is 0. The number of hydroxylamine groups is 1. The van der Waals surface area contributed by atoms with Crippen molar-refractivity contribution < 1.29 is 9.63 Å². The van der Waals surface area contributed by atoms with Gasteiger partial charge in [-0.1, -0.05) is 40.5 Å². The fourth-order valence-electron chi connectivity index (χ4n) is 2.74. The van der Waals surface area contributed by atoms with E-state index in [-0.39, 0.29) is 11.3 Å². The Kier molecular flexibility index (Phi) is 5.44. The summed E-state index contributed by atoms with van der Waals surface area (Å²) in [5, 5.41) is 0. The third-order valence-electron chi connectivity index (χ3n) is 3.42. The lowest BCUT2D eigenvalue weighted by Gasteiger charge is -2.29. The maximum Gasteiger partial charge on any atom is 0.249 e. The molecule has 3 nitrogen and oxygen atoms in total. The van der Waals surface area contributed by atoms with Crippen molar-refractivity contribution in [2.24, 2.45) is 17.3 Å². The Balaban J connectivity index is 2.49. The molecule has 100 valence electrons. The first-order chi connectivity index (χ1) is 7.96. The predicted octanol–water partition coefficient (Wildman–Crippen LogP) is 3.30. The second-order valence-corrected chi connectivity index (χ2v) is 6.22. The number of amides is 1. The fourth-order valence-corrected chi connectivity index (χ4v) is 2.74. The van der Waals surface area contributed by atoms with E-state index < -0.39 is 0 Å². The van der Waals surface area contributed by atoms with Crippen LogP contribution < -0.4 is 5.48 Å². The molecule has 1 saturated carbocycles. The SMILES string of the molecule is CC(C)CONC(=O)C1(CC(C)C)CCCC1. The van der Waals surface area contributed by atoms with Crippen LogP contribution in [0, 0.1) is 17.3 Å². The summed E-state index contributed by atoms with van der Waals surface area (Å²) in [4.78, 5) is 17.5. The van der Waals surface area contributed by atoms with Gasteiger partial charge in [0.15, 0.2) is 0 Å². The molecule has 1 aliphatic rings. The van der Waals surface area contributed by atoms with Crippen LogP contribution in [0.1, 0.15) is 59.8 Å². The van der Waals surface area contributed by atoms with Gasteiger partial charge >= 0.3 is 0 Å². The first kappa shape index (κ1) is 14.5. The highest BCUT2D eigenvalue weighted by Crippen LogP contribution is 2.43. The Morgan fingerprint density at radius 2 is 1.76 bits per heavy atom. The summed E-state index contributed by atoms with van der Waals surface area (Å²) < 4.78 is 0. The number of hydrogen-bond acceptors (Lipinski definition) is 2. The summed E-state index contributed by atoms with van der Waals surface area (Å²) in [6.45, 7) is 9.10. The van der Waals surface area contributed by atoms with Crippen molar-refractivity contribution in [3.05, 3.63) is 0 Å². The van der Waals surface area contributed by atoms with Gasteiger partial charge in [0, 0.05) is 0 Å². The largest absolute Gasteiger partial charge is 0.273 e. The van der Waals surface area contributed by atoms with Crippen LogP contribution in [0.5, 0.6) is 0 Å². The molecule has 0 aromatic heterocycles. The molecule has 0 bridgehead atoms. The van der Waals surface area contributed by atoms with E-state index in [1.165, 1.54) is 12.8 Å². The highest BCUT2D eigenvalue weighted by Gasteiger charge is 2.41. The Bertz CT molecular complexity index is 243. The molecule has 0 heterocycles. The van der Waals surface area contributed by atoms with Crippen LogP contribution in [0.4, 0.5) is 0 Å². The van der Waals surface area contributed by atoms with E-state index in [0.717, 1.165) is 19.3 Å². The minimum Gasteiger partial charge on any atom is -0.273 e. The first-order valence-electron chi connectivity index (χ1n) is 6.88. The second kappa shape index (κ2) is 6.39. The molecule has 0 radical (unpaired) electrons. The molecule has 0 unspecified atom stereocenters. The third-order valence-corrected chi connectivity index (χ3v) is 3.42. The average molecular weight is 241 g/mol. The van der Waals surface area contributed by atoms with E-state index >= 15 is 0 Å². The van der Waals surface area contributed by atoms with Crippen molar-refractivity contribution in [2.75, 3.05) is 6.61 Å². The Morgan fingerprint density at radius 3 is 2.24 bits per heavy atom. The number of carbonyl (C=O) groups is 1. The molecular formula is C14H27NO2. The van der Waals surface area contributed by atoms with Gasteiger partial charge in [0.1, 0.15) is 0 Å². The van der Waals surface area contributed by atoms with Crippen LogP contribution in [0.25, 0.3) is 0 Å². The molecule has 1 aliphatic carbocycles. The van der Waals surface area contributed by atoms with Gasteiger partial charge in [-0.15, -0.1) is 0 Å². The molecule has 0 atom stereocenters. The van der Waals surface area contributed by atoms with Crippen molar-refractivity contribution in [3.63, 3.8) is 0 Å². The molecule has 0 spiro atoms. The van der Waals surface area contributed by atoms with E-state index in [4.69, 9.17) is 4.84 Å². The lowest BCUT2D eigenvalue weighted by atomic mass is 9.78. The Labute approximate surface area is 105 Å². The average Bonchev–Trinajstić information content (AvgIpc) is 2.65. The predicted molar refractivity (Wildman–Crippen MR) is 69.3 cm³/mol. The van der Waals surface area contributed by atoms with Gasteiger partial charge in [0.05, 0.1) is 12.0 Å². The molecule has 1 rings (SSSR count). The lowest BCUT2D eigenvalue weighted by Crippen LogP contribution is -2.40. The minimum atomic E-state index is -0.162. The zero-order valence-corrected chi connectivity index (χ0v) is 11.7. The minimum absolute atomic E-state index is 0.101. The number of carbonyl (C=O) groups excluding carboxylic acids is 1. The van der Waals surface area contributed by atoms with Gasteiger partial charge in [0.2, 0.25) is 5.91 Å². The van der Waals surface area contributed by atoms with Crippen LogP contribution in [0.2, 0.25) is 0 Å². The highest BCUT2D eigenvalue weighted by molar-refractivity contribution is 5.82. The molecule has 1 fully saturated rings. The maximum absolute atomic E-state index is 12.2. The standard InChI is InChI=1S/C14H27NO2/c1-11(2)9-14(7-5-6-8-14)13(16)15-17-10-12(3)4/h11-12H,5-10H2,1-4H3,(H,15,16). The summed E-state index contributed by atoms with van der Waals surface area (Å²) in [5.74, 6) is 1.10. The van der Waals surface area contributed by atoms with Crippen molar-refractivity contribution in [2.45, 2.75) is 59.8 Å². The molecule has 3 heteroatoms. The zero-order valence-electron chi connectivity index (χ0n) is 11.7. The third kappa shape index (κ3) is 4.30. The van der Waals surface area contributed by atoms with Crippen LogP contribution >= 0.6 is 0 Å².